The molecule has 18 heavy (non-hydrogen) atoms. The number of piperidine rings is 1. The van der Waals surface area contributed by atoms with Gasteiger partial charge in [-0.25, -0.2) is 0 Å². The molecule has 2 aliphatic rings. The number of carbonyl (C=O) groups is 1. The summed E-state index contributed by atoms with van der Waals surface area (Å²) in [6.07, 6.45) is 4.07. The van der Waals surface area contributed by atoms with E-state index in [0.717, 1.165) is 30.6 Å². The van der Waals surface area contributed by atoms with Crippen LogP contribution in [0.1, 0.15) is 35.4 Å². The average molecular weight is 266 g/mol. The number of thiophene rings is 1. The molecule has 4 nitrogen and oxygen atoms in total. The van der Waals surface area contributed by atoms with Crippen molar-refractivity contribution in [1.82, 2.24) is 4.90 Å². The number of nitrogens with two attached hydrogens (primary N) is 1. The van der Waals surface area contributed by atoms with E-state index in [2.05, 4.69) is 4.90 Å². The topological polar surface area (TPSA) is 55.6 Å². The van der Waals surface area contributed by atoms with Crippen molar-refractivity contribution in [2.24, 2.45) is 5.73 Å². The Bertz CT molecular complexity index is 446. The number of hydrogen-bond acceptors (Lipinski definition) is 4. The van der Waals surface area contributed by atoms with Crippen LogP contribution < -0.4 is 10.5 Å². The van der Waals surface area contributed by atoms with Crippen LogP contribution >= 0.6 is 11.3 Å². The Morgan fingerprint density at radius 2 is 2.11 bits per heavy atom. The predicted octanol–water partition coefficient (Wildman–Crippen LogP) is 1.85. The second kappa shape index (κ2) is 4.55. The smallest absolute Gasteiger partial charge is 0.268 e. The van der Waals surface area contributed by atoms with Crippen molar-refractivity contribution in [3.05, 3.63) is 16.3 Å². The highest BCUT2D eigenvalue weighted by atomic mass is 32.1. The van der Waals surface area contributed by atoms with Crippen molar-refractivity contribution in [3.63, 3.8) is 0 Å². The summed E-state index contributed by atoms with van der Waals surface area (Å²) in [4.78, 5) is 15.4. The van der Waals surface area contributed by atoms with Crippen molar-refractivity contribution in [3.8, 4) is 5.75 Å². The maximum atomic E-state index is 12.6. The zero-order valence-corrected chi connectivity index (χ0v) is 11.3. The Hall–Kier alpha value is -1.07. The van der Waals surface area contributed by atoms with Crippen LogP contribution in [-0.2, 0) is 0 Å². The second-order valence-corrected chi connectivity index (χ2v) is 6.06. The summed E-state index contributed by atoms with van der Waals surface area (Å²) in [5.41, 5.74) is 6.03. The van der Waals surface area contributed by atoms with Gasteiger partial charge in [-0.3, -0.25) is 4.79 Å². The normalized spacial score (nSPS) is 30.6. The third-order valence-corrected chi connectivity index (χ3v) is 4.93. The summed E-state index contributed by atoms with van der Waals surface area (Å²) in [6, 6.07) is 2.78. The first-order valence-electron chi connectivity index (χ1n) is 6.40. The van der Waals surface area contributed by atoms with Crippen LogP contribution in [0.2, 0.25) is 0 Å². The van der Waals surface area contributed by atoms with Gasteiger partial charge in [0.15, 0.2) is 0 Å². The lowest BCUT2D eigenvalue weighted by atomic mass is 9.98. The van der Waals surface area contributed by atoms with E-state index in [1.807, 2.05) is 11.4 Å². The number of ether oxygens (including phenoxy) is 1. The summed E-state index contributed by atoms with van der Waals surface area (Å²) < 4.78 is 5.25. The van der Waals surface area contributed by atoms with Gasteiger partial charge in [0.25, 0.3) is 5.91 Å². The molecule has 0 spiro atoms. The molecule has 2 fully saturated rings. The molecule has 1 amide bonds. The maximum Gasteiger partial charge on any atom is 0.268 e. The molecule has 0 aliphatic carbocycles. The molecule has 2 N–H and O–H groups in total. The van der Waals surface area contributed by atoms with E-state index in [1.54, 1.807) is 7.11 Å². The minimum absolute atomic E-state index is 0.126. The van der Waals surface area contributed by atoms with Crippen LogP contribution in [0.3, 0.4) is 0 Å². The van der Waals surface area contributed by atoms with E-state index in [4.69, 9.17) is 10.5 Å². The predicted molar refractivity (Wildman–Crippen MR) is 71.1 cm³/mol. The second-order valence-electron chi connectivity index (χ2n) is 5.15. The minimum Gasteiger partial charge on any atom is -0.495 e. The quantitative estimate of drug-likeness (QED) is 0.889. The molecule has 1 aromatic rings. The minimum atomic E-state index is 0.126. The fraction of sp³-hybridized carbons (Fsp3) is 0.615. The number of nitrogens with zero attached hydrogens (tertiary/aromatic N) is 1. The van der Waals surface area contributed by atoms with Gasteiger partial charge in [-0.05, 0) is 37.1 Å². The molecule has 3 heterocycles. The Morgan fingerprint density at radius 1 is 1.44 bits per heavy atom. The standard InChI is InChI=1S/C13H18N2O2S/c1-17-11-4-5-18-12(11)13(16)15-9-2-3-10(15)7-8(14)6-9/h4-5,8-10H,2-3,6-7,14H2,1H3. The molecule has 1 aromatic heterocycles. The summed E-state index contributed by atoms with van der Waals surface area (Å²) in [7, 11) is 1.61. The average Bonchev–Trinajstić information content (AvgIpc) is 2.92. The monoisotopic (exact) mass is 266 g/mol. The van der Waals surface area contributed by atoms with Crippen LogP contribution in [0.25, 0.3) is 0 Å². The molecule has 2 bridgehead atoms. The van der Waals surface area contributed by atoms with Crippen molar-refractivity contribution < 1.29 is 9.53 Å². The molecule has 98 valence electrons. The zero-order valence-electron chi connectivity index (χ0n) is 10.5. The number of hydrogen-bond donors (Lipinski definition) is 1. The Morgan fingerprint density at radius 3 is 2.72 bits per heavy atom. The lowest BCUT2D eigenvalue weighted by Crippen LogP contribution is -2.50. The molecule has 2 atom stereocenters. The van der Waals surface area contributed by atoms with E-state index < -0.39 is 0 Å². The molecule has 0 saturated carbocycles. The van der Waals surface area contributed by atoms with E-state index >= 15 is 0 Å². The molecular formula is C13H18N2O2S. The number of carbonyl (C=O) groups excluding carboxylic acids is 1. The molecular weight excluding hydrogens is 248 g/mol. The largest absolute Gasteiger partial charge is 0.495 e. The lowest BCUT2D eigenvalue weighted by molar-refractivity contribution is 0.0577. The summed E-state index contributed by atoms with van der Waals surface area (Å²) in [6.45, 7) is 0. The van der Waals surface area contributed by atoms with Gasteiger partial charge >= 0.3 is 0 Å². The van der Waals surface area contributed by atoms with Gasteiger partial charge in [0, 0.05) is 18.1 Å². The van der Waals surface area contributed by atoms with Crippen LogP contribution in [-0.4, -0.2) is 36.0 Å². The van der Waals surface area contributed by atoms with Crippen LogP contribution in [0.5, 0.6) is 5.75 Å². The molecule has 3 rings (SSSR count). The molecule has 2 unspecified atom stereocenters. The van der Waals surface area contributed by atoms with Crippen LogP contribution in [0.15, 0.2) is 11.4 Å². The highest BCUT2D eigenvalue weighted by molar-refractivity contribution is 7.12. The SMILES string of the molecule is COc1ccsc1C(=O)N1C2CCC1CC(N)C2. The summed E-state index contributed by atoms with van der Waals surface area (Å²) >= 11 is 1.46. The van der Waals surface area contributed by atoms with Crippen LogP contribution in [0.4, 0.5) is 0 Å². The highest BCUT2D eigenvalue weighted by Crippen LogP contribution is 2.38. The summed E-state index contributed by atoms with van der Waals surface area (Å²) in [5.74, 6) is 0.820. The van der Waals surface area contributed by atoms with E-state index in [-0.39, 0.29) is 11.9 Å². The van der Waals surface area contributed by atoms with Crippen LogP contribution in [0, 0.1) is 0 Å². The van der Waals surface area contributed by atoms with Crippen molar-refractivity contribution >= 4 is 17.2 Å². The Balaban J connectivity index is 1.85. The Kier molecular flexibility index (Phi) is 3.03. The van der Waals surface area contributed by atoms with Crippen molar-refractivity contribution in [1.29, 1.82) is 0 Å². The fourth-order valence-electron chi connectivity index (χ4n) is 3.28. The van der Waals surface area contributed by atoms with Gasteiger partial charge in [0.2, 0.25) is 0 Å². The van der Waals surface area contributed by atoms with Gasteiger partial charge in [-0.2, -0.15) is 0 Å². The van der Waals surface area contributed by atoms with E-state index in [9.17, 15) is 4.79 Å². The molecule has 0 aromatic carbocycles. The first kappa shape index (κ1) is 12.0. The van der Waals surface area contributed by atoms with Gasteiger partial charge in [0.05, 0.1) is 7.11 Å². The number of amides is 1. The number of rotatable bonds is 2. The molecule has 2 saturated heterocycles. The van der Waals surface area contributed by atoms with Gasteiger partial charge in [-0.1, -0.05) is 0 Å². The molecule has 5 heteroatoms. The van der Waals surface area contributed by atoms with Crippen molar-refractivity contribution in [2.75, 3.05) is 7.11 Å². The highest BCUT2D eigenvalue weighted by Gasteiger charge is 2.43. The fourth-order valence-corrected chi connectivity index (χ4v) is 4.08. The third kappa shape index (κ3) is 1.82. The van der Waals surface area contributed by atoms with Gasteiger partial charge in [-0.15, -0.1) is 11.3 Å². The first-order valence-corrected chi connectivity index (χ1v) is 7.28. The summed E-state index contributed by atoms with van der Waals surface area (Å²) in [5, 5.41) is 1.91. The first-order chi connectivity index (χ1) is 8.70. The molecule has 0 radical (unpaired) electrons. The van der Waals surface area contributed by atoms with Crippen molar-refractivity contribution in [2.45, 2.75) is 43.8 Å². The van der Waals surface area contributed by atoms with Gasteiger partial charge in [0.1, 0.15) is 10.6 Å². The molecule has 2 aliphatic heterocycles. The van der Waals surface area contributed by atoms with Gasteiger partial charge < -0.3 is 15.4 Å². The lowest BCUT2D eigenvalue weighted by Gasteiger charge is -2.37. The number of methoxy groups -OCH3 is 1. The Labute approximate surface area is 111 Å². The third-order valence-electron chi connectivity index (χ3n) is 4.05. The number of fused-ring (bicyclic) bond motifs is 2. The van der Waals surface area contributed by atoms with E-state index in [0.29, 0.717) is 17.8 Å². The van der Waals surface area contributed by atoms with E-state index in [1.165, 1.54) is 11.3 Å². The zero-order chi connectivity index (χ0) is 12.7. The maximum absolute atomic E-state index is 12.6.